The Morgan fingerprint density at radius 1 is 0.248 bits per heavy atom. The number of carbonyl (C=O) groups excluding carboxylic acids is 3. The van der Waals surface area contributed by atoms with Gasteiger partial charge in [0.2, 0.25) is 0 Å². The van der Waals surface area contributed by atoms with Crippen LogP contribution in [0.1, 0.15) is 355 Å². The largest absolute Gasteiger partial charge is 0.472 e. The van der Waals surface area contributed by atoms with Gasteiger partial charge in [-0.05, 0) is 148 Å². The molecule has 18 heteroatoms. The van der Waals surface area contributed by atoms with Crippen molar-refractivity contribution in [3.8, 4) is 0 Å². The summed E-state index contributed by atoms with van der Waals surface area (Å²) >= 11 is 0. The first-order chi connectivity index (χ1) is 55.2. The average molecular weight is 1620 g/mol. The number of aliphatic hydroxyl groups excluding tert-OH is 2. The maximum absolute atomic E-state index is 13.0. The van der Waals surface area contributed by atoms with E-state index in [0.717, 1.165) is 180 Å². The van der Waals surface area contributed by atoms with Gasteiger partial charge in [-0.1, -0.05) is 358 Å². The zero-order valence-corrected chi connectivity index (χ0v) is 72.8. The van der Waals surface area contributed by atoms with Crippen LogP contribution in [0.4, 0.5) is 0 Å². The lowest BCUT2D eigenvalue weighted by molar-refractivity contribution is -0.161. The maximum atomic E-state index is 13.0. The number of ether oxygens (including phenoxy) is 3. The molecule has 113 heavy (non-hydrogen) atoms. The molecule has 0 heterocycles. The summed E-state index contributed by atoms with van der Waals surface area (Å²) in [6.45, 7) is 2.35. The van der Waals surface area contributed by atoms with E-state index in [1.54, 1.807) is 0 Å². The normalized spacial score (nSPS) is 14.6. The first-order valence-electron chi connectivity index (χ1n) is 44.4. The van der Waals surface area contributed by atoms with Crippen LogP contribution in [0.25, 0.3) is 0 Å². The number of allylic oxidation sites excluding steroid dienone is 28. The molecule has 0 fully saturated rings. The Hall–Kier alpha value is -5.09. The monoisotopic (exact) mass is 1620 g/mol. The van der Waals surface area contributed by atoms with E-state index in [9.17, 15) is 43.5 Å². The lowest BCUT2D eigenvalue weighted by atomic mass is 10.0. The molecule has 0 aromatic heterocycles. The lowest BCUT2D eigenvalue weighted by Gasteiger charge is -2.21. The van der Waals surface area contributed by atoms with Crippen molar-refractivity contribution < 1.29 is 75.8 Å². The van der Waals surface area contributed by atoms with Crippen LogP contribution in [0.3, 0.4) is 0 Å². The molecular weight excluding hydrogens is 1460 g/mol. The second-order valence-corrected chi connectivity index (χ2v) is 32.2. The third-order valence-corrected chi connectivity index (χ3v) is 20.3. The number of unbranched alkanes of at least 4 members (excludes halogenated alkanes) is 32. The van der Waals surface area contributed by atoms with Gasteiger partial charge in [-0.15, -0.1) is 0 Å². The molecule has 0 aliphatic heterocycles. The second-order valence-electron chi connectivity index (χ2n) is 29.3. The van der Waals surface area contributed by atoms with E-state index in [1.165, 1.54) is 116 Å². The van der Waals surface area contributed by atoms with Gasteiger partial charge in [0.1, 0.15) is 25.4 Å². The molecule has 0 aromatic carbocycles. The third kappa shape index (κ3) is 87.6. The van der Waals surface area contributed by atoms with Gasteiger partial charge in [0.15, 0.2) is 6.10 Å². The highest BCUT2D eigenvalue weighted by molar-refractivity contribution is 7.47. The molecule has 4 N–H and O–H groups in total. The molecule has 0 rings (SSSR count). The van der Waals surface area contributed by atoms with E-state index >= 15 is 0 Å². The Bertz CT molecular complexity index is 2730. The van der Waals surface area contributed by atoms with Crippen molar-refractivity contribution in [3.05, 3.63) is 170 Å². The van der Waals surface area contributed by atoms with Gasteiger partial charge in [0.05, 0.1) is 26.4 Å². The first-order valence-corrected chi connectivity index (χ1v) is 47.4. The van der Waals surface area contributed by atoms with Gasteiger partial charge >= 0.3 is 33.6 Å². The summed E-state index contributed by atoms with van der Waals surface area (Å²) in [5, 5.41) is 20.7. The minimum atomic E-state index is -4.94. The number of hydrogen-bond acceptors (Lipinski definition) is 14. The number of rotatable bonds is 83. The predicted molar refractivity (Wildman–Crippen MR) is 472 cm³/mol. The van der Waals surface area contributed by atoms with Crippen LogP contribution in [-0.2, 0) is 55.8 Å². The SMILES string of the molecule is CC/C=C\C/C=C\C/C=C\C/C=C\C/C=C\C/C=C\CCCCCCCCCCCCCCCCC(=O)OCC(O)COP(=O)(O)OCC(O)COP(=O)(O)OCC(COC(=O)CCCCCCCCCCCCCCC/C=C\C/C=C\C/C=C\C/C=C\C/C=C\CC)OC(=O)CCCCCCC/C=C\C/C=C\C/C=C\CC. The minimum Gasteiger partial charge on any atom is -0.463 e. The second kappa shape index (κ2) is 86.3. The fourth-order valence-corrected chi connectivity index (χ4v) is 13.4. The quantitative estimate of drug-likeness (QED) is 0.0146. The molecule has 0 saturated carbocycles. The Balaban J connectivity index is 4.48. The zero-order chi connectivity index (χ0) is 82.2. The van der Waals surface area contributed by atoms with Gasteiger partial charge in [0, 0.05) is 19.3 Å². The van der Waals surface area contributed by atoms with Gasteiger partial charge in [-0.25, -0.2) is 9.13 Å². The van der Waals surface area contributed by atoms with Gasteiger partial charge in [0.25, 0.3) is 0 Å². The summed E-state index contributed by atoms with van der Waals surface area (Å²) < 4.78 is 61.3. The Morgan fingerprint density at radius 3 is 0.699 bits per heavy atom. The van der Waals surface area contributed by atoms with Crippen LogP contribution < -0.4 is 0 Å². The van der Waals surface area contributed by atoms with Crippen molar-refractivity contribution in [2.75, 3.05) is 39.6 Å². The molecule has 5 unspecified atom stereocenters. The van der Waals surface area contributed by atoms with Crippen LogP contribution in [0.5, 0.6) is 0 Å². The third-order valence-electron chi connectivity index (χ3n) is 18.4. The van der Waals surface area contributed by atoms with Crippen LogP contribution in [0.15, 0.2) is 170 Å². The van der Waals surface area contributed by atoms with Crippen LogP contribution in [0.2, 0.25) is 0 Å². The molecule has 0 amide bonds. The average Bonchev–Trinajstić information content (AvgIpc) is 0.903. The molecular formula is C95H160O16P2. The number of esters is 3. The fraction of sp³-hybridized carbons (Fsp3) is 0.674. The summed E-state index contributed by atoms with van der Waals surface area (Å²) in [5.74, 6) is -1.59. The molecule has 5 atom stereocenters. The highest BCUT2D eigenvalue weighted by atomic mass is 31.2. The fourth-order valence-electron chi connectivity index (χ4n) is 11.8. The predicted octanol–water partition coefficient (Wildman–Crippen LogP) is 27.1. The number of phosphoric ester groups is 2. The van der Waals surface area contributed by atoms with E-state index in [4.69, 9.17) is 32.3 Å². The number of aliphatic hydroxyl groups is 2. The molecule has 0 spiro atoms. The van der Waals surface area contributed by atoms with Crippen LogP contribution in [0, 0.1) is 0 Å². The van der Waals surface area contributed by atoms with Gasteiger partial charge < -0.3 is 34.2 Å². The number of phosphoric acid groups is 2. The van der Waals surface area contributed by atoms with E-state index < -0.39 is 91.5 Å². The van der Waals surface area contributed by atoms with Crippen molar-refractivity contribution in [2.45, 2.75) is 373 Å². The topological polar surface area (TPSA) is 231 Å². The molecule has 0 aromatic rings. The van der Waals surface area contributed by atoms with Gasteiger partial charge in [-0.3, -0.25) is 32.5 Å². The summed E-state index contributed by atoms with van der Waals surface area (Å²) in [7, 11) is -9.81. The van der Waals surface area contributed by atoms with Crippen molar-refractivity contribution in [1.82, 2.24) is 0 Å². The standard InChI is InChI=1S/C95H160O16P2/c1-4-7-10-13-16-19-22-25-28-30-32-34-36-38-40-42-43-44-45-47-49-50-52-54-56-58-61-63-66-69-72-75-78-81-93(98)105-84-90(96)85-107-112(101,102)108-86-91(97)87-109-113(103,104)110-89-92(111-95(100)83-80-77-74-71-68-65-60-27-24-21-18-15-12-9-6-3)88-106-94(99)82-79-76-73-70-67-64-62-59-57-55-53-51-48-46-41-39-37-35-33-31-29-26-23-20-17-14-11-8-5-2/h7-12,16-21,25-29,32-35,38-41,43-44,60,90-92,96-97H,4-6,13-15,22-24,30-31,36-37,42,45-59,61-89H2,1-3H3,(H,101,102)(H,103,104)/b10-7-,11-8-,12-9-,19-16-,20-17-,21-18-,28-25-,29-26-,34-32-,35-33-,40-38-,41-39-,44-43-,60-27-. The van der Waals surface area contributed by atoms with Gasteiger partial charge in [-0.2, -0.15) is 0 Å². The minimum absolute atomic E-state index is 0.0818. The van der Waals surface area contributed by atoms with Crippen molar-refractivity contribution in [2.24, 2.45) is 0 Å². The summed E-state index contributed by atoms with van der Waals surface area (Å²) in [6.07, 6.45) is 111. The molecule has 16 nitrogen and oxygen atoms in total. The Labute approximate surface area is 688 Å². The van der Waals surface area contributed by atoms with Crippen molar-refractivity contribution in [3.63, 3.8) is 0 Å². The Morgan fingerprint density at radius 2 is 0.442 bits per heavy atom. The molecule has 0 saturated heterocycles. The molecule has 0 aliphatic carbocycles. The lowest BCUT2D eigenvalue weighted by Crippen LogP contribution is -2.30. The van der Waals surface area contributed by atoms with E-state index in [1.807, 2.05) is 0 Å². The maximum Gasteiger partial charge on any atom is 0.472 e. The number of hydrogen-bond donors (Lipinski definition) is 4. The smallest absolute Gasteiger partial charge is 0.463 e. The zero-order valence-electron chi connectivity index (χ0n) is 71.0. The molecule has 0 aliphatic rings. The van der Waals surface area contributed by atoms with E-state index in [2.05, 4.69) is 191 Å². The van der Waals surface area contributed by atoms with Crippen molar-refractivity contribution >= 4 is 33.6 Å². The summed E-state index contributed by atoms with van der Waals surface area (Å²) in [4.78, 5) is 58.9. The number of carbonyl (C=O) groups is 3. The molecule has 0 radical (unpaired) electrons. The molecule has 0 bridgehead atoms. The highest BCUT2D eigenvalue weighted by Gasteiger charge is 2.29. The van der Waals surface area contributed by atoms with Crippen LogP contribution in [-0.4, -0.2) is 95.9 Å². The highest BCUT2D eigenvalue weighted by Crippen LogP contribution is 2.45. The van der Waals surface area contributed by atoms with Crippen molar-refractivity contribution in [1.29, 1.82) is 0 Å². The Kier molecular flexibility index (Phi) is 82.4. The summed E-state index contributed by atoms with van der Waals surface area (Å²) in [6, 6.07) is 0. The summed E-state index contributed by atoms with van der Waals surface area (Å²) in [5.41, 5.74) is 0. The van der Waals surface area contributed by atoms with E-state index in [0.29, 0.717) is 19.3 Å². The molecule has 646 valence electrons. The van der Waals surface area contributed by atoms with E-state index in [-0.39, 0.29) is 19.3 Å². The first kappa shape index (κ1) is 108. The van der Waals surface area contributed by atoms with Crippen LogP contribution >= 0.6 is 15.6 Å².